The van der Waals surface area contributed by atoms with Gasteiger partial charge in [-0.05, 0) is 54.0 Å². The molecular formula is C29H23NO5. The number of fused-ring (bicyclic) bond motifs is 5. The van der Waals surface area contributed by atoms with Crippen LogP contribution in [0.5, 0.6) is 11.5 Å². The molecule has 0 saturated carbocycles. The predicted molar refractivity (Wildman–Crippen MR) is 130 cm³/mol. The molecule has 6 heteroatoms. The summed E-state index contributed by atoms with van der Waals surface area (Å²) in [5.41, 5.74) is 3.91. The predicted octanol–water partition coefficient (Wildman–Crippen LogP) is 4.53. The number of amides is 2. The molecule has 1 aliphatic carbocycles. The lowest BCUT2D eigenvalue weighted by Gasteiger charge is -2.38. The molecule has 3 aromatic rings. The highest BCUT2D eigenvalue weighted by Gasteiger charge is 2.60. The van der Waals surface area contributed by atoms with Crippen molar-refractivity contribution in [3.63, 3.8) is 0 Å². The minimum atomic E-state index is -0.850. The largest absolute Gasteiger partial charge is 0.497 e. The molecule has 2 amide bonds. The Bertz CT molecular complexity index is 1390. The quantitative estimate of drug-likeness (QED) is 0.323. The van der Waals surface area contributed by atoms with E-state index in [0.717, 1.165) is 22.3 Å². The van der Waals surface area contributed by atoms with Gasteiger partial charge in [0.15, 0.2) is 0 Å². The Morgan fingerprint density at radius 3 is 2.29 bits per heavy atom. The summed E-state index contributed by atoms with van der Waals surface area (Å²) in [6.07, 6.45) is 2.00. The molecule has 6 rings (SSSR count). The van der Waals surface area contributed by atoms with Gasteiger partial charge in [-0.3, -0.25) is 14.4 Å². The zero-order chi connectivity index (χ0) is 24.3. The first kappa shape index (κ1) is 21.4. The van der Waals surface area contributed by atoms with Gasteiger partial charge in [0.25, 0.3) is 0 Å². The second-order valence-corrected chi connectivity index (χ2v) is 9.22. The Hall–Kier alpha value is -4.19. The number of carbonyl (C=O) groups excluding carboxylic acids is 3. The lowest BCUT2D eigenvalue weighted by atomic mass is 9.64. The first-order chi connectivity index (χ1) is 17.0. The van der Waals surface area contributed by atoms with Crippen LogP contribution in [0.4, 0.5) is 5.69 Å². The molecule has 2 aliphatic heterocycles. The SMILES string of the molecule is COc1ccc(N2C(=O)[C@@H]3[C@@H]4C(=O)Oc5cc(C)ccc5C4=C[C@@H](c4ccccc4)[C@@H]3C2=O)cc1. The molecule has 0 spiro atoms. The second kappa shape index (κ2) is 7.94. The lowest BCUT2D eigenvalue weighted by molar-refractivity contribution is -0.142. The molecule has 0 bridgehead atoms. The Balaban J connectivity index is 1.52. The summed E-state index contributed by atoms with van der Waals surface area (Å²) in [6, 6.07) is 22.2. The van der Waals surface area contributed by atoms with Gasteiger partial charge < -0.3 is 9.47 Å². The van der Waals surface area contributed by atoms with Crippen LogP contribution in [0.2, 0.25) is 0 Å². The molecule has 3 aliphatic rings. The van der Waals surface area contributed by atoms with Crippen molar-refractivity contribution in [1.82, 2.24) is 0 Å². The summed E-state index contributed by atoms with van der Waals surface area (Å²) in [7, 11) is 1.56. The van der Waals surface area contributed by atoms with Gasteiger partial charge in [0.05, 0.1) is 30.6 Å². The molecule has 2 heterocycles. The summed E-state index contributed by atoms with van der Waals surface area (Å²) in [5, 5.41) is 0. The molecule has 174 valence electrons. The van der Waals surface area contributed by atoms with Gasteiger partial charge in [-0.2, -0.15) is 0 Å². The fourth-order valence-electron chi connectivity index (χ4n) is 5.65. The van der Waals surface area contributed by atoms with E-state index in [2.05, 4.69) is 0 Å². The average molecular weight is 466 g/mol. The van der Waals surface area contributed by atoms with E-state index in [0.29, 0.717) is 17.2 Å². The molecule has 3 aromatic carbocycles. The van der Waals surface area contributed by atoms with Crippen LogP contribution in [-0.2, 0) is 14.4 Å². The molecule has 1 fully saturated rings. The van der Waals surface area contributed by atoms with Crippen molar-refractivity contribution in [1.29, 1.82) is 0 Å². The third-order valence-electron chi connectivity index (χ3n) is 7.27. The van der Waals surface area contributed by atoms with E-state index in [1.54, 1.807) is 31.4 Å². The highest BCUT2D eigenvalue weighted by atomic mass is 16.5. The van der Waals surface area contributed by atoms with E-state index in [4.69, 9.17) is 9.47 Å². The lowest BCUT2D eigenvalue weighted by Crippen LogP contribution is -2.42. The van der Waals surface area contributed by atoms with Crippen molar-refractivity contribution in [2.75, 3.05) is 12.0 Å². The average Bonchev–Trinajstić information content (AvgIpc) is 3.14. The number of anilines is 1. The van der Waals surface area contributed by atoms with Gasteiger partial charge in [0, 0.05) is 11.5 Å². The summed E-state index contributed by atoms with van der Waals surface area (Å²) >= 11 is 0. The Morgan fingerprint density at radius 1 is 0.857 bits per heavy atom. The van der Waals surface area contributed by atoms with Gasteiger partial charge >= 0.3 is 5.97 Å². The van der Waals surface area contributed by atoms with Crippen LogP contribution in [-0.4, -0.2) is 24.9 Å². The molecule has 0 unspecified atom stereocenters. The number of aryl methyl sites for hydroxylation is 1. The molecule has 0 aromatic heterocycles. The molecular weight excluding hydrogens is 442 g/mol. The number of benzene rings is 3. The molecule has 0 radical (unpaired) electrons. The molecule has 0 N–H and O–H groups in total. The van der Waals surface area contributed by atoms with Crippen molar-refractivity contribution >= 4 is 29.0 Å². The van der Waals surface area contributed by atoms with Gasteiger partial charge in [0.1, 0.15) is 11.5 Å². The van der Waals surface area contributed by atoms with Crippen LogP contribution < -0.4 is 14.4 Å². The van der Waals surface area contributed by atoms with Gasteiger partial charge in [-0.15, -0.1) is 0 Å². The number of nitrogens with zero attached hydrogens (tertiary/aromatic N) is 1. The normalized spacial score (nSPS) is 24.8. The second-order valence-electron chi connectivity index (χ2n) is 9.22. The Labute approximate surface area is 202 Å². The van der Waals surface area contributed by atoms with Crippen LogP contribution in [0.3, 0.4) is 0 Å². The van der Waals surface area contributed by atoms with Crippen molar-refractivity contribution < 1.29 is 23.9 Å². The number of ether oxygens (including phenoxy) is 2. The standard InChI is InChI=1S/C29H23NO5/c1-16-8-13-20-22-15-21(17-6-4-3-5-7-17)24-26(25(22)29(33)35-23(20)14-16)28(32)30(27(24)31)18-9-11-19(34-2)12-10-18/h3-15,21,24-26H,1-2H3/t21-,24-,25+,26-/m0/s1. The van der Waals surface area contributed by atoms with Crippen LogP contribution in [0.1, 0.15) is 22.6 Å². The zero-order valence-corrected chi connectivity index (χ0v) is 19.3. The summed E-state index contributed by atoms with van der Waals surface area (Å²) in [4.78, 5) is 42.3. The van der Waals surface area contributed by atoms with E-state index in [1.165, 1.54) is 4.90 Å². The van der Waals surface area contributed by atoms with Crippen molar-refractivity contribution in [2.45, 2.75) is 12.8 Å². The minimum absolute atomic E-state index is 0.308. The van der Waals surface area contributed by atoms with Crippen LogP contribution in [0.15, 0.2) is 78.9 Å². The monoisotopic (exact) mass is 465 g/mol. The van der Waals surface area contributed by atoms with Crippen molar-refractivity contribution in [3.05, 3.63) is 95.6 Å². The maximum absolute atomic E-state index is 13.9. The summed E-state index contributed by atoms with van der Waals surface area (Å²) in [6.45, 7) is 1.93. The minimum Gasteiger partial charge on any atom is -0.497 e. The van der Waals surface area contributed by atoms with E-state index in [9.17, 15) is 14.4 Å². The number of rotatable bonds is 3. The number of carbonyl (C=O) groups is 3. The van der Waals surface area contributed by atoms with Gasteiger partial charge in [0.2, 0.25) is 11.8 Å². The maximum atomic E-state index is 13.9. The highest BCUT2D eigenvalue weighted by Crippen LogP contribution is 2.54. The fraction of sp³-hybridized carbons (Fsp3) is 0.207. The summed E-state index contributed by atoms with van der Waals surface area (Å²) in [5.74, 6) is -2.82. The van der Waals surface area contributed by atoms with Crippen LogP contribution in [0.25, 0.3) is 5.57 Å². The maximum Gasteiger partial charge on any atom is 0.319 e. The van der Waals surface area contributed by atoms with Crippen LogP contribution in [0, 0.1) is 24.7 Å². The number of hydrogen-bond donors (Lipinski definition) is 0. The molecule has 35 heavy (non-hydrogen) atoms. The fourth-order valence-corrected chi connectivity index (χ4v) is 5.65. The van der Waals surface area contributed by atoms with E-state index in [1.807, 2.05) is 61.5 Å². The van der Waals surface area contributed by atoms with E-state index >= 15 is 0 Å². The first-order valence-corrected chi connectivity index (χ1v) is 11.6. The van der Waals surface area contributed by atoms with Crippen molar-refractivity contribution in [3.8, 4) is 11.5 Å². The van der Waals surface area contributed by atoms with Crippen LogP contribution >= 0.6 is 0 Å². The molecule has 1 saturated heterocycles. The third-order valence-corrected chi connectivity index (χ3v) is 7.27. The number of hydrogen-bond acceptors (Lipinski definition) is 5. The third kappa shape index (κ3) is 3.21. The highest BCUT2D eigenvalue weighted by molar-refractivity contribution is 6.24. The zero-order valence-electron chi connectivity index (χ0n) is 19.3. The topological polar surface area (TPSA) is 72.9 Å². The number of methoxy groups -OCH3 is 1. The van der Waals surface area contributed by atoms with E-state index in [-0.39, 0.29) is 17.7 Å². The van der Waals surface area contributed by atoms with Gasteiger partial charge in [-0.25, -0.2) is 4.90 Å². The number of allylic oxidation sites excluding steroid dienone is 1. The Kier molecular flexibility index (Phi) is 4.85. The number of imide groups is 1. The smallest absolute Gasteiger partial charge is 0.319 e. The Morgan fingerprint density at radius 2 is 1.57 bits per heavy atom. The van der Waals surface area contributed by atoms with Gasteiger partial charge in [-0.1, -0.05) is 48.5 Å². The molecule has 6 nitrogen and oxygen atoms in total. The summed E-state index contributed by atoms with van der Waals surface area (Å²) < 4.78 is 10.9. The number of esters is 1. The molecule has 4 atom stereocenters. The van der Waals surface area contributed by atoms with E-state index < -0.39 is 23.7 Å². The first-order valence-electron chi connectivity index (χ1n) is 11.6. The van der Waals surface area contributed by atoms with Crippen molar-refractivity contribution in [2.24, 2.45) is 17.8 Å².